The molecule has 0 aliphatic heterocycles. The van der Waals surface area contributed by atoms with Crippen LogP contribution >= 0.6 is 0 Å². The van der Waals surface area contributed by atoms with E-state index in [4.69, 9.17) is 5.73 Å². The van der Waals surface area contributed by atoms with E-state index in [-0.39, 0.29) is 11.4 Å². The normalized spacial score (nSPS) is 10.7. The van der Waals surface area contributed by atoms with E-state index >= 15 is 0 Å². The van der Waals surface area contributed by atoms with E-state index in [0.717, 1.165) is 0 Å². The highest BCUT2D eigenvalue weighted by Gasteiger charge is 2.12. The summed E-state index contributed by atoms with van der Waals surface area (Å²) in [5, 5.41) is 9.94. The summed E-state index contributed by atoms with van der Waals surface area (Å²) in [5.74, 6) is -0.554. The summed E-state index contributed by atoms with van der Waals surface area (Å²) in [4.78, 5) is 11.9. The van der Waals surface area contributed by atoms with E-state index in [1.165, 1.54) is 29.1 Å². The van der Waals surface area contributed by atoms with E-state index < -0.39 is 12.5 Å². The van der Waals surface area contributed by atoms with Gasteiger partial charge in [0.05, 0.1) is 12.7 Å². The van der Waals surface area contributed by atoms with Crippen molar-refractivity contribution < 1.29 is 18.3 Å². The zero-order valence-corrected chi connectivity index (χ0v) is 10.9. The lowest BCUT2D eigenvalue weighted by Crippen LogP contribution is -2.13. The third kappa shape index (κ3) is 4.21. The molecule has 0 unspecified atom stereocenters. The van der Waals surface area contributed by atoms with Gasteiger partial charge >= 0.3 is 6.61 Å². The average Bonchev–Trinajstić information content (AvgIpc) is 2.87. The number of amides is 1. The van der Waals surface area contributed by atoms with E-state index in [2.05, 4.69) is 20.4 Å². The minimum absolute atomic E-state index is 0.0467. The maximum Gasteiger partial charge on any atom is 0.387 e. The van der Waals surface area contributed by atoms with Crippen LogP contribution in [0, 0.1) is 0 Å². The van der Waals surface area contributed by atoms with Crippen LogP contribution < -0.4 is 15.8 Å². The summed E-state index contributed by atoms with van der Waals surface area (Å²) in [6, 6.07) is 5.67. The molecule has 0 fully saturated rings. The number of hydrogen-bond donors (Lipinski definition) is 2. The molecule has 3 N–H and O–H groups in total. The Morgan fingerprint density at radius 1 is 1.48 bits per heavy atom. The van der Waals surface area contributed by atoms with Crippen LogP contribution in [0.1, 0.15) is 10.5 Å². The van der Waals surface area contributed by atoms with Crippen LogP contribution in [0.5, 0.6) is 5.75 Å². The third-order valence-electron chi connectivity index (χ3n) is 2.45. The molecule has 0 aliphatic rings. The van der Waals surface area contributed by atoms with Crippen LogP contribution in [-0.4, -0.2) is 34.1 Å². The van der Waals surface area contributed by atoms with E-state index in [9.17, 15) is 13.6 Å². The average molecular weight is 297 g/mol. The molecule has 0 radical (unpaired) electrons. The number of carbonyl (C=O) groups excluding carboxylic acids is 1. The molecule has 1 aromatic heterocycles. The first-order chi connectivity index (χ1) is 10.1. The lowest BCUT2D eigenvalue weighted by molar-refractivity contribution is -0.0497. The number of halogens is 2. The molecule has 0 saturated carbocycles. The summed E-state index contributed by atoms with van der Waals surface area (Å²) in [7, 11) is 0. The van der Waals surface area contributed by atoms with Crippen molar-refractivity contribution in [3.8, 4) is 5.75 Å². The number of nitrogens with zero attached hydrogens (tertiary/aromatic N) is 3. The molecule has 1 heterocycles. The summed E-state index contributed by atoms with van der Waals surface area (Å²) in [6.45, 7) is -2.11. The van der Waals surface area contributed by atoms with Gasteiger partial charge in [0.25, 0.3) is 5.91 Å². The Morgan fingerprint density at radius 3 is 3.00 bits per heavy atom. The van der Waals surface area contributed by atoms with E-state index in [1.807, 2.05) is 0 Å². The number of anilines is 1. The maximum atomic E-state index is 12.1. The van der Waals surface area contributed by atoms with Gasteiger partial charge in [-0.05, 0) is 12.1 Å². The molecule has 0 atom stereocenters. The number of hydrogen-bond acceptors (Lipinski definition) is 5. The first kappa shape index (κ1) is 14.9. The lowest BCUT2D eigenvalue weighted by Gasteiger charge is -2.07. The zero-order chi connectivity index (χ0) is 15.2. The molecule has 9 heteroatoms. The Labute approximate surface area is 118 Å². The standard InChI is InChI=1S/C12H13F2N5O2/c13-12(14)21-9-3-1-2-8(6-9)16-11(20)10-7-19(5-4-15)18-17-10/h1-3,6-7,12H,4-5,15H2,(H,16,20). The van der Waals surface area contributed by atoms with E-state index in [0.29, 0.717) is 18.8 Å². The molecule has 0 spiro atoms. The molecule has 1 amide bonds. The number of nitrogens with two attached hydrogens (primary N) is 1. The number of aromatic nitrogens is 3. The second-order valence-electron chi connectivity index (χ2n) is 4.02. The molecule has 2 rings (SSSR count). The van der Waals surface area contributed by atoms with Crippen LogP contribution in [-0.2, 0) is 6.54 Å². The first-order valence-electron chi connectivity index (χ1n) is 6.05. The van der Waals surface area contributed by atoms with Gasteiger partial charge in [-0.1, -0.05) is 11.3 Å². The SMILES string of the molecule is NCCn1cc(C(=O)Nc2cccc(OC(F)F)c2)nn1. The molecular weight excluding hydrogens is 284 g/mol. The van der Waals surface area contributed by atoms with Crippen LogP contribution in [0.2, 0.25) is 0 Å². The van der Waals surface area contributed by atoms with Gasteiger partial charge in [0, 0.05) is 18.3 Å². The fraction of sp³-hybridized carbons (Fsp3) is 0.250. The number of alkyl halides is 2. The quantitative estimate of drug-likeness (QED) is 0.832. The highest BCUT2D eigenvalue weighted by molar-refractivity contribution is 6.02. The van der Waals surface area contributed by atoms with Gasteiger partial charge in [0.1, 0.15) is 5.75 Å². The van der Waals surface area contributed by atoms with Crippen LogP contribution in [0.25, 0.3) is 0 Å². The zero-order valence-electron chi connectivity index (χ0n) is 10.9. The molecule has 112 valence electrons. The summed E-state index contributed by atoms with van der Waals surface area (Å²) >= 11 is 0. The number of carbonyl (C=O) groups is 1. The topological polar surface area (TPSA) is 95.1 Å². The molecule has 2 aromatic rings. The van der Waals surface area contributed by atoms with Gasteiger partial charge in [0.2, 0.25) is 0 Å². The molecule has 0 bridgehead atoms. The Hall–Kier alpha value is -2.55. The first-order valence-corrected chi connectivity index (χ1v) is 6.05. The van der Waals surface area contributed by atoms with Crippen molar-refractivity contribution in [3.63, 3.8) is 0 Å². The van der Waals surface area contributed by atoms with Crippen LogP contribution in [0.15, 0.2) is 30.5 Å². The summed E-state index contributed by atoms with van der Waals surface area (Å²) in [6.07, 6.45) is 1.45. The van der Waals surface area contributed by atoms with Gasteiger partial charge in [-0.2, -0.15) is 8.78 Å². The molecule has 0 aliphatic carbocycles. The number of rotatable bonds is 6. The molecule has 7 nitrogen and oxygen atoms in total. The van der Waals surface area contributed by atoms with Gasteiger partial charge in [-0.15, -0.1) is 5.10 Å². The molecular formula is C12H13F2N5O2. The predicted molar refractivity (Wildman–Crippen MR) is 70.1 cm³/mol. The van der Waals surface area contributed by atoms with Gasteiger partial charge in [0.15, 0.2) is 5.69 Å². The fourth-order valence-corrected chi connectivity index (χ4v) is 1.59. The molecule has 0 saturated heterocycles. The molecule has 21 heavy (non-hydrogen) atoms. The van der Waals surface area contributed by atoms with Gasteiger partial charge < -0.3 is 15.8 Å². The number of nitrogens with one attached hydrogen (secondary N) is 1. The summed E-state index contributed by atoms with van der Waals surface area (Å²) < 4.78 is 29.9. The molecule has 1 aromatic carbocycles. The van der Waals surface area contributed by atoms with Crippen molar-refractivity contribution in [2.75, 3.05) is 11.9 Å². The van der Waals surface area contributed by atoms with Crippen molar-refractivity contribution in [3.05, 3.63) is 36.2 Å². The van der Waals surface area contributed by atoms with Gasteiger partial charge in [-0.3, -0.25) is 9.48 Å². The van der Waals surface area contributed by atoms with Crippen LogP contribution in [0.3, 0.4) is 0 Å². The lowest BCUT2D eigenvalue weighted by atomic mass is 10.3. The second kappa shape index (κ2) is 6.75. The second-order valence-corrected chi connectivity index (χ2v) is 4.02. The Balaban J connectivity index is 2.04. The van der Waals surface area contributed by atoms with Crippen molar-refractivity contribution in [2.24, 2.45) is 5.73 Å². The van der Waals surface area contributed by atoms with E-state index in [1.54, 1.807) is 6.07 Å². The Bertz CT molecular complexity index is 617. The van der Waals surface area contributed by atoms with Crippen LogP contribution in [0.4, 0.5) is 14.5 Å². The Kier molecular flexibility index (Phi) is 4.77. The summed E-state index contributed by atoms with van der Waals surface area (Å²) in [5.41, 5.74) is 5.77. The van der Waals surface area contributed by atoms with Crippen molar-refractivity contribution in [1.82, 2.24) is 15.0 Å². The van der Waals surface area contributed by atoms with Gasteiger partial charge in [-0.25, -0.2) is 0 Å². The monoisotopic (exact) mass is 297 g/mol. The number of ether oxygens (including phenoxy) is 1. The highest BCUT2D eigenvalue weighted by Crippen LogP contribution is 2.19. The predicted octanol–water partition coefficient (Wildman–Crippen LogP) is 1.09. The third-order valence-corrected chi connectivity index (χ3v) is 2.45. The van der Waals surface area contributed by atoms with Crippen molar-refractivity contribution >= 4 is 11.6 Å². The minimum atomic E-state index is -2.92. The van der Waals surface area contributed by atoms with Crippen molar-refractivity contribution in [1.29, 1.82) is 0 Å². The maximum absolute atomic E-state index is 12.1. The fourth-order valence-electron chi connectivity index (χ4n) is 1.59. The largest absolute Gasteiger partial charge is 0.435 e. The minimum Gasteiger partial charge on any atom is -0.435 e. The number of benzene rings is 1. The Morgan fingerprint density at radius 2 is 2.29 bits per heavy atom. The van der Waals surface area contributed by atoms with Crippen molar-refractivity contribution in [2.45, 2.75) is 13.2 Å². The highest BCUT2D eigenvalue weighted by atomic mass is 19.3. The smallest absolute Gasteiger partial charge is 0.387 e.